The average Bonchev–Trinajstić information content (AvgIpc) is 3.56. The van der Waals surface area contributed by atoms with Gasteiger partial charge in [0.25, 0.3) is 0 Å². The SMILES string of the molecule is CC(C)C[C@@H]1NC(=O)[C@@H](NC(=O)[C@@H](N)Cc2ccc(O)cc2)CCCCCCC[C@@H](C(=O)N(C)C)NC(=O)[C@@H]2CCCN2C(=O)[C@H](C)NC1=O. The second-order valence-electron chi connectivity index (χ2n) is 14.3. The van der Waals surface area contributed by atoms with Crippen LogP contribution in [0.25, 0.3) is 0 Å². The van der Waals surface area contributed by atoms with Crippen LogP contribution in [0.4, 0.5) is 0 Å². The number of aromatic hydroxyl groups is 1. The van der Waals surface area contributed by atoms with E-state index in [4.69, 9.17) is 5.73 Å². The van der Waals surface area contributed by atoms with Crippen LogP contribution < -0.4 is 27.0 Å². The second-order valence-corrected chi connectivity index (χ2v) is 14.3. The van der Waals surface area contributed by atoms with Crippen molar-refractivity contribution in [2.24, 2.45) is 11.7 Å². The number of benzene rings is 1. The number of carbonyl (C=O) groups is 6. The molecule has 2 aliphatic rings. The first-order chi connectivity index (χ1) is 23.7. The average molecular weight is 700 g/mol. The molecule has 0 spiro atoms. The van der Waals surface area contributed by atoms with Gasteiger partial charge >= 0.3 is 0 Å². The van der Waals surface area contributed by atoms with Crippen LogP contribution in [-0.2, 0) is 35.2 Å². The summed E-state index contributed by atoms with van der Waals surface area (Å²) in [6, 6.07) is 0.992. The number of carbonyl (C=O) groups excluding carboxylic acids is 6. The molecule has 0 aromatic heterocycles. The number of phenolic OH excluding ortho intramolecular Hbond substituents is 1. The van der Waals surface area contributed by atoms with Crippen LogP contribution in [0.5, 0.6) is 5.75 Å². The number of fused-ring (bicyclic) bond motifs is 1. The van der Waals surface area contributed by atoms with Crippen molar-refractivity contribution in [3.8, 4) is 5.75 Å². The van der Waals surface area contributed by atoms with Crippen molar-refractivity contribution < 1.29 is 33.9 Å². The Kier molecular flexibility index (Phi) is 15.5. The molecule has 14 nitrogen and oxygen atoms in total. The molecule has 50 heavy (non-hydrogen) atoms. The Labute approximate surface area is 295 Å². The summed E-state index contributed by atoms with van der Waals surface area (Å²) >= 11 is 0. The van der Waals surface area contributed by atoms with E-state index in [1.807, 2.05) is 13.8 Å². The molecule has 278 valence electrons. The largest absolute Gasteiger partial charge is 0.508 e. The highest BCUT2D eigenvalue weighted by Crippen LogP contribution is 2.20. The third-order valence-corrected chi connectivity index (χ3v) is 9.31. The number of nitrogens with one attached hydrogen (secondary N) is 4. The van der Waals surface area contributed by atoms with Gasteiger partial charge in [-0.2, -0.15) is 0 Å². The molecule has 0 saturated carbocycles. The molecule has 7 N–H and O–H groups in total. The van der Waals surface area contributed by atoms with Crippen LogP contribution in [0.1, 0.15) is 90.5 Å². The quantitative estimate of drug-likeness (QED) is 0.243. The molecule has 2 aliphatic heterocycles. The Hall–Kier alpha value is -4.20. The zero-order valence-electron chi connectivity index (χ0n) is 30.2. The molecule has 2 heterocycles. The van der Waals surface area contributed by atoms with Gasteiger partial charge in [0.15, 0.2) is 0 Å². The predicted molar refractivity (Wildman–Crippen MR) is 188 cm³/mol. The van der Waals surface area contributed by atoms with Crippen LogP contribution in [0.15, 0.2) is 24.3 Å². The summed E-state index contributed by atoms with van der Waals surface area (Å²) < 4.78 is 0. The highest BCUT2D eigenvalue weighted by Gasteiger charge is 2.38. The third-order valence-electron chi connectivity index (χ3n) is 9.31. The zero-order valence-corrected chi connectivity index (χ0v) is 30.2. The molecule has 0 radical (unpaired) electrons. The van der Waals surface area contributed by atoms with Crippen molar-refractivity contribution in [1.82, 2.24) is 31.1 Å². The van der Waals surface area contributed by atoms with Gasteiger partial charge in [-0.05, 0) is 69.1 Å². The molecule has 0 aliphatic carbocycles. The minimum absolute atomic E-state index is 0.0128. The monoisotopic (exact) mass is 699 g/mol. The Morgan fingerprint density at radius 1 is 0.900 bits per heavy atom. The van der Waals surface area contributed by atoms with Crippen molar-refractivity contribution in [1.29, 1.82) is 0 Å². The maximum absolute atomic E-state index is 13.7. The molecule has 0 unspecified atom stereocenters. The molecule has 2 fully saturated rings. The number of nitrogens with two attached hydrogens (primary N) is 1. The van der Waals surface area contributed by atoms with Gasteiger partial charge in [-0.1, -0.05) is 58.1 Å². The molecular formula is C36H57N7O7. The van der Waals surface area contributed by atoms with Gasteiger partial charge in [0.2, 0.25) is 35.4 Å². The number of amides is 6. The number of hydrogen-bond donors (Lipinski definition) is 6. The van der Waals surface area contributed by atoms with Crippen LogP contribution in [0.3, 0.4) is 0 Å². The van der Waals surface area contributed by atoms with E-state index in [-0.39, 0.29) is 36.3 Å². The summed E-state index contributed by atoms with van der Waals surface area (Å²) in [6.07, 6.45) is 5.91. The Balaban J connectivity index is 1.83. The fourth-order valence-electron chi connectivity index (χ4n) is 6.49. The maximum atomic E-state index is 13.7. The van der Waals surface area contributed by atoms with E-state index in [0.717, 1.165) is 24.8 Å². The predicted octanol–water partition coefficient (Wildman–Crippen LogP) is 1.09. The summed E-state index contributed by atoms with van der Waals surface area (Å²) in [7, 11) is 3.28. The van der Waals surface area contributed by atoms with Crippen LogP contribution in [0, 0.1) is 5.92 Å². The molecule has 0 bridgehead atoms. The fraction of sp³-hybridized carbons (Fsp3) is 0.667. The number of hydrogen-bond acceptors (Lipinski definition) is 8. The highest BCUT2D eigenvalue weighted by molar-refractivity contribution is 5.96. The van der Waals surface area contributed by atoms with Crippen LogP contribution >= 0.6 is 0 Å². The number of nitrogens with zero attached hydrogens (tertiary/aromatic N) is 2. The van der Waals surface area contributed by atoms with E-state index >= 15 is 0 Å². The van der Waals surface area contributed by atoms with Gasteiger partial charge in [0, 0.05) is 20.6 Å². The van der Waals surface area contributed by atoms with Gasteiger partial charge in [-0.3, -0.25) is 28.8 Å². The fourth-order valence-corrected chi connectivity index (χ4v) is 6.49. The minimum Gasteiger partial charge on any atom is -0.508 e. The standard InChI is InChI=1S/C36H57N7O7/c1-22(2)20-29-33(47)38-23(3)35(49)43-19-11-14-30(43)34(48)40-28(36(50)42(4)5)13-10-8-6-7-9-12-27(32(46)41-29)39-31(45)26(37)21-24-15-17-25(44)18-16-24/h15-18,22-23,26-30,44H,6-14,19-21,37H2,1-5H3,(H,38,47)(H,39,45)(H,40,48)(H,41,46)/t23-,26-,27-,28-,29-,30-/m0/s1. The number of phenols is 1. The second kappa shape index (κ2) is 19.3. The van der Waals surface area contributed by atoms with Crippen LogP contribution in [0.2, 0.25) is 0 Å². The Morgan fingerprint density at radius 2 is 1.54 bits per heavy atom. The number of rotatable bonds is 7. The molecule has 3 rings (SSSR count). The van der Waals surface area contributed by atoms with Crippen molar-refractivity contribution in [2.45, 2.75) is 128 Å². The van der Waals surface area contributed by atoms with E-state index in [9.17, 15) is 33.9 Å². The lowest BCUT2D eigenvalue weighted by atomic mass is 10.00. The van der Waals surface area contributed by atoms with Gasteiger partial charge in [-0.15, -0.1) is 0 Å². The normalized spacial score (nSPS) is 25.5. The molecule has 1 aromatic rings. The van der Waals surface area contributed by atoms with Gasteiger partial charge in [0.1, 0.15) is 36.0 Å². The Bertz CT molecular complexity index is 1340. The van der Waals surface area contributed by atoms with E-state index in [1.54, 1.807) is 33.2 Å². The van der Waals surface area contributed by atoms with Gasteiger partial charge in [-0.25, -0.2) is 0 Å². The van der Waals surface area contributed by atoms with E-state index < -0.39 is 59.9 Å². The van der Waals surface area contributed by atoms with Crippen molar-refractivity contribution >= 4 is 35.4 Å². The molecule has 6 amide bonds. The summed E-state index contributed by atoms with van der Waals surface area (Å²) in [4.78, 5) is 83.5. The van der Waals surface area contributed by atoms with E-state index in [0.29, 0.717) is 45.1 Å². The van der Waals surface area contributed by atoms with Gasteiger partial charge < -0.3 is 41.9 Å². The molecular weight excluding hydrogens is 642 g/mol. The smallest absolute Gasteiger partial charge is 0.245 e. The number of likely N-dealkylation sites (N-methyl/N-ethyl adjacent to an activating group) is 1. The molecule has 2 saturated heterocycles. The summed E-state index contributed by atoms with van der Waals surface area (Å²) in [5, 5.41) is 20.8. The lowest BCUT2D eigenvalue weighted by molar-refractivity contribution is -0.142. The summed E-state index contributed by atoms with van der Waals surface area (Å²) in [5.74, 6) is -2.51. The molecule has 1 aromatic carbocycles. The molecule has 6 atom stereocenters. The van der Waals surface area contributed by atoms with Crippen molar-refractivity contribution in [3.63, 3.8) is 0 Å². The Morgan fingerprint density at radius 3 is 2.18 bits per heavy atom. The van der Waals surface area contributed by atoms with Crippen molar-refractivity contribution in [3.05, 3.63) is 29.8 Å². The van der Waals surface area contributed by atoms with E-state index in [1.165, 1.54) is 21.9 Å². The minimum atomic E-state index is -0.985. The van der Waals surface area contributed by atoms with Gasteiger partial charge in [0.05, 0.1) is 6.04 Å². The highest BCUT2D eigenvalue weighted by atomic mass is 16.3. The van der Waals surface area contributed by atoms with Crippen LogP contribution in [-0.4, -0.2) is 107 Å². The first-order valence-corrected chi connectivity index (χ1v) is 17.9. The first-order valence-electron chi connectivity index (χ1n) is 17.9. The summed E-state index contributed by atoms with van der Waals surface area (Å²) in [5.41, 5.74) is 6.97. The molecule has 14 heteroatoms. The van der Waals surface area contributed by atoms with Crippen molar-refractivity contribution in [2.75, 3.05) is 20.6 Å². The topological polar surface area (TPSA) is 203 Å². The first kappa shape index (κ1) is 40.2. The lowest BCUT2D eigenvalue weighted by Crippen LogP contribution is -2.59. The lowest BCUT2D eigenvalue weighted by Gasteiger charge is -2.30. The van der Waals surface area contributed by atoms with E-state index in [2.05, 4.69) is 21.3 Å². The third kappa shape index (κ3) is 12.0. The maximum Gasteiger partial charge on any atom is 0.245 e. The zero-order chi connectivity index (χ0) is 37.0. The summed E-state index contributed by atoms with van der Waals surface area (Å²) in [6.45, 7) is 5.71.